The highest BCUT2D eigenvalue weighted by atomic mass is 35.5. The number of rotatable bonds is 8. The van der Waals surface area contributed by atoms with E-state index in [1.165, 1.54) is 0 Å². The Labute approximate surface area is 153 Å². The predicted octanol–water partition coefficient (Wildman–Crippen LogP) is 2.54. The van der Waals surface area contributed by atoms with Gasteiger partial charge in [0.15, 0.2) is 28.4 Å². The molecule has 1 amide bonds. The third-order valence-electron chi connectivity index (χ3n) is 4.02. The quantitative estimate of drug-likeness (QED) is 0.352. The molecule has 0 saturated carbocycles. The summed E-state index contributed by atoms with van der Waals surface area (Å²) in [6, 6.07) is 0.117. The molecule has 0 bridgehead atoms. The molecular formula is C16H28ClN7O. The van der Waals surface area contributed by atoms with Gasteiger partial charge in [-0.25, -0.2) is 9.97 Å². The van der Waals surface area contributed by atoms with Crippen LogP contribution in [0.3, 0.4) is 0 Å². The predicted molar refractivity (Wildman–Crippen MR) is 102 cm³/mol. The molecule has 140 valence electrons. The van der Waals surface area contributed by atoms with Crippen LogP contribution in [-0.2, 0) is 0 Å². The largest absolute Gasteiger partial charge is 0.382 e. The molecule has 0 saturated heterocycles. The minimum atomic E-state index is -0.651. The number of nitrogens with two attached hydrogens (primary N) is 2. The van der Waals surface area contributed by atoms with Gasteiger partial charge in [-0.15, -0.1) is 0 Å². The highest BCUT2D eigenvalue weighted by molar-refractivity contribution is 6.31. The van der Waals surface area contributed by atoms with Gasteiger partial charge >= 0.3 is 0 Å². The Kier molecular flexibility index (Phi) is 8.40. The number of anilines is 2. The van der Waals surface area contributed by atoms with Crippen molar-refractivity contribution in [1.29, 1.82) is 5.41 Å². The lowest BCUT2D eigenvalue weighted by molar-refractivity contribution is 0.0971. The third kappa shape index (κ3) is 6.04. The number of nitrogen functional groups attached to an aromatic ring is 2. The van der Waals surface area contributed by atoms with E-state index < -0.39 is 5.91 Å². The second-order valence-corrected chi connectivity index (χ2v) is 6.32. The van der Waals surface area contributed by atoms with E-state index in [2.05, 4.69) is 41.4 Å². The summed E-state index contributed by atoms with van der Waals surface area (Å²) in [6.07, 6.45) is 5.18. The fourth-order valence-electron chi connectivity index (χ4n) is 2.84. The van der Waals surface area contributed by atoms with Crippen LogP contribution < -0.4 is 22.1 Å². The van der Waals surface area contributed by atoms with Gasteiger partial charge in [0, 0.05) is 6.04 Å². The topological polar surface area (TPSA) is 143 Å². The average Bonchev–Trinajstić information content (AvgIpc) is 2.55. The molecule has 1 aromatic rings. The Balaban J connectivity index is 2.77. The van der Waals surface area contributed by atoms with Crippen molar-refractivity contribution in [3.63, 3.8) is 0 Å². The van der Waals surface area contributed by atoms with Crippen molar-refractivity contribution in [2.75, 3.05) is 11.5 Å². The zero-order valence-corrected chi connectivity index (χ0v) is 15.8. The van der Waals surface area contributed by atoms with E-state index in [0.29, 0.717) is 5.92 Å². The number of nitrogens with one attached hydrogen (secondary N) is 3. The first-order valence-electron chi connectivity index (χ1n) is 8.58. The summed E-state index contributed by atoms with van der Waals surface area (Å²) < 4.78 is 0. The summed E-state index contributed by atoms with van der Waals surface area (Å²) in [5, 5.41) is 13.5. The van der Waals surface area contributed by atoms with Gasteiger partial charge in [0.05, 0.1) is 0 Å². The van der Waals surface area contributed by atoms with Crippen molar-refractivity contribution in [2.24, 2.45) is 5.92 Å². The first kappa shape index (κ1) is 21.0. The maximum Gasteiger partial charge on any atom is 0.280 e. The molecule has 1 aromatic heterocycles. The number of hydrogen-bond donors (Lipinski definition) is 5. The number of amides is 1. The van der Waals surface area contributed by atoms with E-state index in [9.17, 15) is 4.79 Å². The average molecular weight is 370 g/mol. The fraction of sp³-hybridized carbons (Fsp3) is 0.625. The smallest absolute Gasteiger partial charge is 0.280 e. The molecule has 0 unspecified atom stereocenters. The van der Waals surface area contributed by atoms with Crippen LogP contribution in [0.25, 0.3) is 0 Å². The van der Waals surface area contributed by atoms with Crippen molar-refractivity contribution in [3.8, 4) is 0 Å². The summed E-state index contributed by atoms with van der Waals surface area (Å²) in [4.78, 5) is 19.9. The van der Waals surface area contributed by atoms with Gasteiger partial charge in [-0.3, -0.25) is 15.5 Å². The number of carbonyl (C=O) groups excluding carboxylic acids is 1. The number of halogens is 1. The molecule has 1 rings (SSSR count). The molecule has 0 aliphatic rings. The molecular weight excluding hydrogens is 342 g/mol. The number of nitrogens with zero attached hydrogens (tertiary/aromatic N) is 2. The Morgan fingerprint density at radius 2 is 1.76 bits per heavy atom. The van der Waals surface area contributed by atoms with Crippen LogP contribution in [-0.4, -0.2) is 27.9 Å². The van der Waals surface area contributed by atoms with Crippen LogP contribution in [0, 0.1) is 11.3 Å². The van der Waals surface area contributed by atoms with Gasteiger partial charge in [-0.05, 0) is 25.2 Å². The summed E-state index contributed by atoms with van der Waals surface area (Å²) in [5.74, 6) is -0.468. The molecule has 0 radical (unpaired) electrons. The van der Waals surface area contributed by atoms with Gasteiger partial charge in [-0.2, -0.15) is 0 Å². The number of hydrogen-bond acceptors (Lipinski definition) is 6. The standard InChI is InChI=1S/C16H28ClN7O/c1-4-7-9(8-5-2)10(6-3)21-16(20)24-15(25)11-13(18)23-14(19)12(17)22-11/h9-10H,4-8H2,1-3H3,(H4,18,19,23)(H3,20,21,24,25)/t10-/m1/s1. The van der Waals surface area contributed by atoms with Gasteiger partial charge in [0.25, 0.3) is 5.91 Å². The lowest BCUT2D eigenvalue weighted by Gasteiger charge is -2.27. The maximum absolute atomic E-state index is 12.3. The minimum Gasteiger partial charge on any atom is -0.382 e. The van der Waals surface area contributed by atoms with E-state index >= 15 is 0 Å². The molecule has 0 spiro atoms. The fourth-order valence-corrected chi connectivity index (χ4v) is 2.97. The third-order valence-corrected chi connectivity index (χ3v) is 4.29. The number of aromatic nitrogens is 2. The van der Waals surface area contributed by atoms with Crippen molar-refractivity contribution in [1.82, 2.24) is 20.6 Å². The zero-order chi connectivity index (χ0) is 19.0. The van der Waals surface area contributed by atoms with E-state index in [-0.39, 0.29) is 34.5 Å². The Morgan fingerprint density at radius 1 is 1.16 bits per heavy atom. The molecule has 0 fully saturated rings. The van der Waals surface area contributed by atoms with Crippen LogP contribution in [0.4, 0.5) is 11.6 Å². The Hall–Kier alpha value is -2.09. The van der Waals surface area contributed by atoms with Gasteiger partial charge < -0.3 is 16.8 Å². The summed E-state index contributed by atoms with van der Waals surface area (Å²) in [5.41, 5.74) is 11.0. The van der Waals surface area contributed by atoms with E-state index in [1.54, 1.807) is 0 Å². The van der Waals surface area contributed by atoms with Crippen LogP contribution in [0.1, 0.15) is 63.4 Å². The van der Waals surface area contributed by atoms with Crippen molar-refractivity contribution in [3.05, 3.63) is 10.8 Å². The van der Waals surface area contributed by atoms with Crippen molar-refractivity contribution in [2.45, 2.75) is 58.9 Å². The van der Waals surface area contributed by atoms with Gasteiger partial charge in [0.1, 0.15) is 0 Å². The molecule has 0 aliphatic heterocycles. The normalized spacial score (nSPS) is 12.0. The number of carbonyl (C=O) groups is 1. The summed E-state index contributed by atoms with van der Waals surface area (Å²) in [7, 11) is 0. The lowest BCUT2D eigenvalue weighted by Crippen LogP contribution is -2.48. The Morgan fingerprint density at radius 3 is 2.28 bits per heavy atom. The van der Waals surface area contributed by atoms with Crippen LogP contribution in [0.15, 0.2) is 0 Å². The van der Waals surface area contributed by atoms with Crippen LogP contribution >= 0.6 is 11.6 Å². The maximum atomic E-state index is 12.3. The molecule has 0 aliphatic carbocycles. The minimum absolute atomic E-state index is 0.0445. The number of guanidine groups is 1. The monoisotopic (exact) mass is 369 g/mol. The lowest BCUT2D eigenvalue weighted by atomic mass is 9.89. The summed E-state index contributed by atoms with van der Waals surface area (Å²) in [6.45, 7) is 6.36. The molecule has 9 heteroatoms. The molecule has 1 heterocycles. The molecule has 8 nitrogen and oxygen atoms in total. The first-order chi connectivity index (χ1) is 11.8. The van der Waals surface area contributed by atoms with Crippen molar-refractivity contribution < 1.29 is 4.79 Å². The van der Waals surface area contributed by atoms with Crippen molar-refractivity contribution >= 4 is 35.1 Å². The second-order valence-electron chi connectivity index (χ2n) is 5.96. The SMILES string of the molecule is CCCC(CCC)[C@@H](CC)NC(=N)NC(=O)c1nc(Cl)c(N)nc1N. The van der Waals surface area contributed by atoms with E-state index in [0.717, 1.165) is 32.1 Å². The summed E-state index contributed by atoms with van der Waals surface area (Å²) >= 11 is 5.78. The highest BCUT2D eigenvalue weighted by Crippen LogP contribution is 2.20. The van der Waals surface area contributed by atoms with Gasteiger partial charge in [0.2, 0.25) is 0 Å². The molecule has 1 atom stereocenters. The first-order valence-corrected chi connectivity index (χ1v) is 8.96. The van der Waals surface area contributed by atoms with Crippen LogP contribution in [0.5, 0.6) is 0 Å². The molecule has 7 N–H and O–H groups in total. The molecule has 25 heavy (non-hydrogen) atoms. The van der Waals surface area contributed by atoms with Gasteiger partial charge in [-0.1, -0.05) is 45.2 Å². The van der Waals surface area contributed by atoms with Crippen LogP contribution in [0.2, 0.25) is 5.15 Å². The Bertz CT molecular complexity index is 602. The zero-order valence-electron chi connectivity index (χ0n) is 15.0. The van der Waals surface area contributed by atoms with E-state index in [1.807, 2.05) is 0 Å². The highest BCUT2D eigenvalue weighted by Gasteiger charge is 2.22. The second kappa shape index (κ2) is 10.0. The molecule has 0 aromatic carbocycles. The van der Waals surface area contributed by atoms with E-state index in [4.69, 9.17) is 28.5 Å².